The van der Waals surface area contributed by atoms with Gasteiger partial charge in [0, 0.05) is 5.69 Å². The Bertz CT molecular complexity index is 385. The lowest BCUT2D eigenvalue weighted by atomic mass is 10.2. The van der Waals surface area contributed by atoms with Crippen LogP contribution in [0.3, 0.4) is 0 Å². The van der Waals surface area contributed by atoms with E-state index in [0.29, 0.717) is 5.69 Å². The molecule has 84 valence electrons. The molecule has 1 aromatic rings. The van der Waals surface area contributed by atoms with Gasteiger partial charge in [-0.1, -0.05) is 0 Å². The lowest BCUT2D eigenvalue weighted by molar-refractivity contribution is 0.626. The molecule has 0 heterocycles. The van der Waals surface area contributed by atoms with Gasteiger partial charge in [-0.15, -0.1) is 0 Å². The van der Waals surface area contributed by atoms with Gasteiger partial charge in [-0.05, 0) is 51.5 Å². The van der Waals surface area contributed by atoms with E-state index in [9.17, 15) is 8.60 Å². The van der Waals surface area contributed by atoms with Crippen LogP contribution in [0.25, 0.3) is 0 Å². The van der Waals surface area contributed by atoms with Crippen LogP contribution in [-0.2, 0) is 11.0 Å². The average molecular weight is 229 g/mol. The molecule has 0 aliphatic carbocycles. The standard InChI is InChI=1S/C11H16FNOS/c1-8-7-9(12)5-6-10(8)13-15(14)11(2,3)4/h5-7,13H,1-4H3. The monoisotopic (exact) mass is 229 g/mol. The summed E-state index contributed by atoms with van der Waals surface area (Å²) in [6, 6.07) is 4.38. The summed E-state index contributed by atoms with van der Waals surface area (Å²) < 4.78 is 27.1. The minimum absolute atomic E-state index is 0.278. The zero-order valence-electron chi connectivity index (χ0n) is 9.43. The van der Waals surface area contributed by atoms with Crippen molar-refractivity contribution in [3.8, 4) is 0 Å². The molecule has 1 unspecified atom stereocenters. The topological polar surface area (TPSA) is 29.1 Å². The predicted molar refractivity (Wildman–Crippen MR) is 62.7 cm³/mol. The minimum Gasteiger partial charge on any atom is -0.304 e. The Hall–Kier alpha value is -0.900. The highest BCUT2D eigenvalue weighted by Gasteiger charge is 2.19. The summed E-state index contributed by atoms with van der Waals surface area (Å²) in [5.74, 6) is -0.278. The number of benzene rings is 1. The van der Waals surface area contributed by atoms with Crippen molar-refractivity contribution in [1.82, 2.24) is 0 Å². The lowest BCUT2D eigenvalue weighted by Crippen LogP contribution is -2.27. The van der Waals surface area contributed by atoms with Crippen molar-refractivity contribution >= 4 is 16.7 Å². The van der Waals surface area contributed by atoms with E-state index >= 15 is 0 Å². The fraction of sp³-hybridized carbons (Fsp3) is 0.455. The smallest absolute Gasteiger partial charge is 0.123 e. The van der Waals surface area contributed by atoms with Crippen LogP contribution in [0.5, 0.6) is 0 Å². The highest BCUT2D eigenvalue weighted by atomic mass is 32.2. The second-order valence-corrected chi connectivity index (χ2v) is 6.41. The van der Waals surface area contributed by atoms with E-state index in [1.165, 1.54) is 12.1 Å². The number of hydrogen-bond acceptors (Lipinski definition) is 1. The SMILES string of the molecule is Cc1cc(F)ccc1NS(=O)C(C)(C)C. The second kappa shape index (κ2) is 4.31. The first-order chi connectivity index (χ1) is 6.80. The number of aryl methyl sites for hydroxylation is 1. The third-order valence-corrected chi connectivity index (χ3v) is 3.46. The van der Waals surface area contributed by atoms with Crippen LogP contribution < -0.4 is 4.72 Å². The van der Waals surface area contributed by atoms with E-state index in [1.807, 2.05) is 20.8 Å². The molecular weight excluding hydrogens is 213 g/mol. The van der Waals surface area contributed by atoms with Gasteiger partial charge in [0.25, 0.3) is 0 Å². The van der Waals surface area contributed by atoms with Crippen molar-refractivity contribution in [2.24, 2.45) is 0 Å². The fourth-order valence-corrected chi connectivity index (χ4v) is 1.73. The van der Waals surface area contributed by atoms with Crippen LogP contribution in [0.4, 0.5) is 10.1 Å². The molecule has 0 saturated heterocycles. The number of hydrogen-bond donors (Lipinski definition) is 1. The zero-order valence-corrected chi connectivity index (χ0v) is 10.2. The van der Waals surface area contributed by atoms with Gasteiger partial charge in [0.05, 0.1) is 4.75 Å². The molecule has 0 radical (unpaired) electrons. The predicted octanol–water partition coefficient (Wildman–Crippen LogP) is 3.01. The van der Waals surface area contributed by atoms with Gasteiger partial charge < -0.3 is 4.72 Å². The molecule has 0 amide bonds. The molecule has 1 atom stereocenters. The van der Waals surface area contributed by atoms with Crippen molar-refractivity contribution in [3.63, 3.8) is 0 Å². The van der Waals surface area contributed by atoms with Gasteiger partial charge >= 0.3 is 0 Å². The Morgan fingerprint density at radius 1 is 1.33 bits per heavy atom. The molecule has 0 aliphatic heterocycles. The Morgan fingerprint density at radius 3 is 2.40 bits per heavy atom. The highest BCUT2D eigenvalue weighted by Crippen LogP contribution is 2.20. The first-order valence-corrected chi connectivity index (χ1v) is 5.90. The molecule has 1 aromatic carbocycles. The second-order valence-electron chi connectivity index (χ2n) is 4.44. The van der Waals surface area contributed by atoms with E-state index in [4.69, 9.17) is 0 Å². The van der Waals surface area contributed by atoms with Gasteiger partial charge in [-0.3, -0.25) is 0 Å². The maximum atomic E-state index is 12.8. The third kappa shape index (κ3) is 3.30. The van der Waals surface area contributed by atoms with E-state index in [1.54, 1.807) is 13.0 Å². The molecule has 2 nitrogen and oxygen atoms in total. The van der Waals surface area contributed by atoms with Crippen LogP contribution in [0, 0.1) is 12.7 Å². The third-order valence-electron chi connectivity index (χ3n) is 1.95. The molecule has 15 heavy (non-hydrogen) atoms. The van der Waals surface area contributed by atoms with Gasteiger partial charge in [0.15, 0.2) is 0 Å². The maximum absolute atomic E-state index is 12.8. The molecule has 0 fully saturated rings. The fourth-order valence-electron chi connectivity index (χ4n) is 0.995. The van der Waals surface area contributed by atoms with Crippen LogP contribution in [-0.4, -0.2) is 8.96 Å². The van der Waals surface area contributed by atoms with E-state index in [2.05, 4.69) is 4.72 Å². The van der Waals surface area contributed by atoms with Crippen LogP contribution in [0.15, 0.2) is 18.2 Å². The number of rotatable bonds is 2. The number of halogens is 1. The first-order valence-electron chi connectivity index (χ1n) is 4.75. The summed E-state index contributed by atoms with van der Waals surface area (Å²) in [4.78, 5) is 0. The highest BCUT2D eigenvalue weighted by molar-refractivity contribution is 7.87. The Labute approximate surface area is 92.5 Å². The summed E-state index contributed by atoms with van der Waals surface area (Å²) in [7, 11) is -1.18. The Morgan fingerprint density at radius 2 is 1.93 bits per heavy atom. The summed E-state index contributed by atoms with van der Waals surface area (Å²) in [6.07, 6.45) is 0. The van der Waals surface area contributed by atoms with Gasteiger partial charge in [0.1, 0.15) is 16.8 Å². The summed E-state index contributed by atoms with van der Waals surface area (Å²) in [6.45, 7) is 7.43. The Balaban J connectivity index is 2.87. The minimum atomic E-state index is -1.18. The van der Waals surface area contributed by atoms with Crippen LogP contribution in [0.2, 0.25) is 0 Å². The molecule has 0 aliphatic rings. The summed E-state index contributed by atoms with van der Waals surface area (Å²) in [5.41, 5.74) is 1.47. The van der Waals surface area contributed by atoms with E-state index in [0.717, 1.165) is 5.56 Å². The van der Waals surface area contributed by atoms with Crippen molar-refractivity contribution < 1.29 is 8.60 Å². The molecule has 1 rings (SSSR count). The first kappa shape index (κ1) is 12.2. The number of nitrogens with one attached hydrogen (secondary N) is 1. The molecule has 0 saturated carbocycles. The average Bonchev–Trinajstić information content (AvgIpc) is 2.08. The van der Waals surface area contributed by atoms with Crippen LogP contribution in [0.1, 0.15) is 26.3 Å². The molecule has 4 heteroatoms. The zero-order chi connectivity index (χ0) is 11.6. The normalized spacial score (nSPS) is 13.7. The molecule has 1 N–H and O–H groups in total. The largest absolute Gasteiger partial charge is 0.304 e. The van der Waals surface area contributed by atoms with E-state index in [-0.39, 0.29) is 10.6 Å². The molecule has 0 bridgehead atoms. The number of anilines is 1. The summed E-state index contributed by atoms with van der Waals surface area (Å²) in [5, 5.41) is 0. The Kier molecular flexibility index (Phi) is 3.50. The molecule has 0 spiro atoms. The summed E-state index contributed by atoms with van der Waals surface area (Å²) >= 11 is 0. The van der Waals surface area contributed by atoms with Gasteiger partial charge in [-0.25, -0.2) is 8.60 Å². The van der Waals surface area contributed by atoms with E-state index < -0.39 is 11.0 Å². The van der Waals surface area contributed by atoms with Gasteiger partial charge in [0.2, 0.25) is 0 Å². The van der Waals surface area contributed by atoms with Crippen molar-refractivity contribution in [3.05, 3.63) is 29.6 Å². The molecule has 0 aromatic heterocycles. The van der Waals surface area contributed by atoms with Crippen molar-refractivity contribution in [2.75, 3.05) is 4.72 Å². The molecular formula is C11H16FNOS. The maximum Gasteiger partial charge on any atom is 0.123 e. The lowest BCUT2D eigenvalue weighted by Gasteiger charge is -2.19. The van der Waals surface area contributed by atoms with Crippen molar-refractivity contribution in [2.45, 2.75) is 32.4 Å². The van der Waals surface area contributed by atoms with Crippen molar-refractivity contribution in [1.29, 1.82) is 0 Å². The van der Waals surface area contributed by atoms with Gasteiger partial charge in [-0.2, -0.15) is 0 Å². The quantitative estimate of drug-likeness (QED) is 0.830. The van der Waals surface area contributed by atoms with Crippen LogP contribution >= 0.6 is 0 Å².